The Bertz CT molecular complexity index is 921. The van der Waals surface area contributed by atoms with Gasteiger partial charge >= 0.3 is 11.6 Å². The summed E-state index contributed by atoms with van der Waals surface area (Å²) in [5, 5.41) is 3.97. The summed E-state index contributed by atoms with van der Waals surface area (Å²) in [4.78, 5) is 35.3. The van der Waals surface area contributed by atoms with E-state index in [1.807, 2.05) is 6.92 Å². The van der Waals surface area contributed by atoms with E-state index in [1.165, 1.54) is 6.07 Å². The summed E-state index contributed by atoms with van der Waals surface area (Å²) >= 11 is 0. The van der Waals surface area contributed by atoms with Gasteiger partial charge in [0.1, 0.15) is 5.39 Å². The zero-order valence-corrected chi connectivity index (χ0v) is 13.6. The van der Waals surface area contributed by atoms with Crippen LogP contribution in [0.25, 0.3) is 11.1 Å². The Morgan fingerprint density at radius 2 is 2.08 bits per heavy atom. The minimum absolute atomic E-state index is 0.112. The first kappa shape index (κ1) is 17.2. The Hall–Kier alpha value is -2.58. The molecule has 0 bridgehead atoms. The number of aryl methyl sites for hydroxylation is 1. The van der Waals surface area contributed by atoms with E-state index >= 15 is 0 Å². The van der Waals surface area contributed by atoms with Crippen LogP contribution in [0.1, 0.15) is 44.6 Å². The van der Waals surface area contributed by atoms with Crippen LogP contribution in [-0.2, 0) is 6.42 Å². The van der Waals surface area contributed by atoms with E-state index < -0.39 is 17.1 Å². The van der Waals surface area contributed by atoms with Gasteiger partial charge in [-0.3, -0.25) is 9.78 Å². The van der Waals surface area contributed by atoms with E-state index in [9.17, 15) is 18.4 Å². The van der Waals surface area contributed by atoms with Crippen molar-refractivity contribution in [2.45, 2.75) is 51.4 Å². The highest BCUT2D eigenvalue weighted by Crippen LogP contribution is 2.31. The van der Waals surface area contributed by atoms with Gasteiger partial charge in [0.05, 0.1) is 5.71 Å². The van der Waals surface area contributed by atoms with Crippen LogP contribution < -0.4 is 16.0 Å². The summed E-state index contributed by atoms with van der Waals surface area (Å²) in [7, 11) is 0. The highest BCUT2D eigenvalue weighted by atomic mass is 19.3. The van der Waals surface area contributed by atoms with Gasteiger partial charge in [-0.15, -0.1) is 0 Å². The molecule has 9 heteroatoms. The molecule has 25 heavy (non-hydrogen) atoms. The van der Waals surface area contributed by atoms with Gasteiger partial charge < -0.3 is 9.25 Å². The number of fused-ring (bicyclic) bond motifs is 1. The molecule has 0 amide bonds. The molecule has 0 saturated heterocycles. The van der Waals surface area contributed by atoms with Crippen LogP contribution in [0.15, 0.2) is 25.2 Å². The number of alkyl halides is 2. The molecule has 3 rings (SSSR count). The van der Waals surface area contributed by atoms with E-state index in [0.717, 1.165) is 6.42 Å². The molecule has 0 radical (unpaired) electrons. The number of nitrogens with zero attached hydrogens (tertiary/aromatic N) is 2. The molecule has 0 aliphatic heterocycles. The lowest BCUT2D eigenvalue weighted by Crippen LogP contribution is -2.25. The third-order valence-corrected chi connectivity index (χ3v) is 4.01. The highest BCUT2D eigenvalue weighted by molar-refractivity contribution is 5.84. The van der Waals surface area contributed by atoms with E-state index in [2.05, 4.69) is 15.1 Å². The highest BCUT2D eigenvalue weighted by Gasteiger charge is 2.33. The number of rotatable bonds is 4. The monoisotopic (exact) mass is 353 g/mol. The van der Waals surface area contributed by atoms with E-state index in [0.29, 0.717) is 17.7 Å². The fourth-order valence-electron chi connectivity index (χ4n) is 2.74. The SMILES string of the molecule is CCCc1cc(=O)oc2nc(ON=C3CCC(F)(F)CC3)[nH]c(=O)c12. The van der Waals surface area contributed by atoms with Crippen LogP contribution >= 0.6 is 0 Å². The fraction of sp³-hybridized carbons (Fsp3) is 0.500. The number of hydrogen-bond donors (Lipinski definition) is 1. The molecule has 1 aliphatic rings. The van der Waals surface area contributed by atoms with Crippen molar-refractivity contribution in [2.24, 2.45) is 5.16 Å². The molecule has 2 aromatic rings. The molecule has 0 unspecified atom stereocenters. The zero-order valence-electron chi connectivity index (χ0n) is 13.6. The van der Waals surface area contributed by atoms with E-state index in [-0.39, 0.29) is 42.8 Å². The van der Waals surface area contributed by atoms with Crippen LogP contribution in [0.4, 0.5) is 8.78 Å². The lowest BCUT2D eigenvalue weighted by atomic mass is 9.95. The van der Waals surface area contributed by atoms with Crippen molar-refractivity contribution in [1.29, 1.82) is 0 Å². The van der Waals surface area contributed by atoms with Gasteiger partial charge in [0.2, 0.25) is 11.6 Å². The average molecular weight is 353 g/mol. The molecule has 1 fully saturated rings. The molecule has 134 valence electrons. The van der Waals surface area contributed by atoms with Crippen LogP contribution in [0.2, 0.25) is 0 Å². The average Bonchev–Trinajstić information content (AvgIpc) is 2.53. The summed E-state index contributed by atoms with van der Waals surface area (Å²) in [5.74, 6) is -2.67. The molecule has 7 nitrogen and oxygen atoms in total. The van der Waals surface area contributed by atoms with E-state index in [4.69, 9.17) is 9.25 Å². The van der Waals surface area contributed by atoms with Crippen molar-refractivity contribution in [3.05, 3.63) is 32.4 Å². The van der Waals surface area contributed by atoms with Crippen LogP contribution in [-0.4, -0.2) is 21.6 Å². The first-order chi connectivity index (χ1) is 11.9. The molecule has 0 aromatic carbocycles. The van der Waals surface area contributed by atoms with Crippen molar-refractivity contribution >= 4 is 16.8 Å². The minimum atomic E-state index is -2.67. The second-order valence-corrected chi connectivity index (χ2v) is 6.00. The van der Waals surface area contributed by atoms with Crippen molar-refractivity contribution in [1.82, 2.24) is 9.97 Å². The predicted molar refractivity (Wildman–Crippen MR) is 86.4 cm³/mol. The molecule has 1 saturated carbocycles. The third kappa shape index (κ3) is 3.92. The first-order valence-corrected chi connectivity index (χ1v) is 8.05. The second kappa shape index (κ2) is 6.73. The summed E-state index contributed by atoms with van der Waals surface area (Å²) in [6, 6.07) is 1.02. The summed E-state index contributed by atoms with van der Waals surface area (Å²) < 4.78 is 31.2. The Balaban J connectivity index is 1.89. The smallest absolute Gasteiger partial charge is 0.337 e. The van der Waals surface area contributed by atoms with Crippen LogP contribution in [0.3, 0.4) is 0 Å². The lowest BCUT2D eigenvalue weighted by Gasteiger charge is -2.21. The topological polar surface area (TPSA) is 97.5 Å². The Morgan fingerprint density at radius 3 is 2.76 bits per heavy atom. The first-order valence-electron chi connectivity index (χ1n) is 8.05. The van der Waals surface area contributed by atoms with E-state index in [1.54, 1.807) is 0 Å². The maximum atomic E-state index is 13.1. The quantitative estimate of drug-likeness (QED) is 0.853. The third-order valence-electron chi connectivity index (χ3n) is 4.01. The molecule has 1 N–H and O–H groups in total. The molecule has 0 atom stereocenters. The second-order valence-electron chi connectivity index (χ2n) is 6.00. The zero-order chi connectivity index (χ0) is 18.0. The van der Waals surface area contributed by atoms with Gasteiger partial charge in [-0.2, -0.15) is 4.98 Å². The predicted octanol–water partition coefficient (Wildman–Crippen LogP) is 2.77. The van der Waals surface area contributed by atoms with Gasteiger partial charge in [0.15, 0.2) is 0 Å². The molecule has 2 aromatic heterocycles. The van der Waals surface area contributed by atoms with Gasteiger partial charge in [0.25, 0.3) is 5.56 Å². The molecule has 1 aliphatic carbocycles. The number of aromatic nitrogens is 2. The summed E-state index contributed by atoms with van der Waals surface area (Å²) in [5.41, 5.74) is -0.238. The van der Waals surface area contributed by atoms with Crippen molar-refractivity contribution in [2.75, 3.05) is 0 Å². The number of aromatic amines is 1. The lowest BCUT2D eigenvalue weighted by molar-refractivity contribution is -0.0185. The maximum Gasteiger partial charge on any atom is 0.337 e. The van der Waals surface area contributed by atoms with Crippen molar-refractivity contribution in [3.63, 3.8) is 0 Å². The number of H-pyrrole nitrogens is 1. The Morgan fingerprint density at radius 1 is 1.36 bits per heavy atom. The fourth-order valence-corrected chi connectivity index (χ4v) is 2.74. The molecular formula is C16H17F2N3O4. The van der Waals surface area contributed by atoms with Crippen molar-refractivity contribution in [3.8, 4) is 6.01 Å². The standard InChI is InChI=1S/C16H17F2N3O4/c1-2-3-9-8-11(22)24-14-12(9)13(23)19-15(20-14)25-21-10-4-6-16(17,18)7-5-10/h8H,2-7H2,1H3,(H,19,20,23). The van der Waals surface area contributed by atoms with Crippen LogP contribution in [0, 0.1) is 0 Å². The summed E-state index contributed by atoms with van der Waals surface area (Å²) in [6.07, 6.45) is 0.928. The van der Waals surface area contributed by atoms with Crippen LogP contribution in [0.5, 0.6) is 6.01 Å². The molecule has 2 heterocycles. The Kier molecular flexibility index (Phi) is 4.65. The largest absolute Gasteiger partial charge is 0.403 e. The summed E-state index contributed by atoms with van der Waals surface area (Å²) in [6.45, 7) is 1.92. The van der Waals surface area contributed by atoms with Crippen molar-refractivity contribution < 1.29 is 18.0 Å². The number of halogens is 2. The van der Waals surface area contributed by atoms with Gasteiger partial charge in [0, 0.05) is 18.9 Å². The minimum Gasteiger partial charge on any atom is -0.403 e. The molecule has 0 spiro atoms. The van der Waals surface area contributed by atoms with Gasteiger partial charge in [-0.1, -0.05) is 18.5 Å². The van der Waals surface area contributed by atoms with Gasteiger partial charge in [-0.05, 0) is 24.8 Å². The number of oxime groups is 1. The normalized spacial score (nSPS) is 16.8. The Labute approximate surface area is 140 Å². The number of nitrogens with one attached hydrogen (secondary N) is 1. The maximum absolute atomic E-state index is 13.1. The van der Waals surface area contributed by atoms with Gasteiger partial charge in [-0.25, -0.2) is 13.6 Å². The number of hydrogen-bond acceptors (Lipinski definition) is 6. The molecular weight excluding hydrogens is 336 g/mol.